The largest absolute Gasteiger partial charge is 0.326 e. The Morgan fingerprint density at radius 2 is 1.97 bits per heavy atom. The van der Waals surface area contributed by atoms with Crippen LogP contribution < -0.4 is 5.32 Å². The lowest BCUT2D eigenvalue weighted by Crippen LogP contribution is -2.43. The molecule has 1 saturated heterocycles. The van der Waals surface area contributed by atoms with Crippen LogP contribution in [0.15, 0.2) is 70.5 Å². The first-order valence-corrected chi connectivity index (χ1v) is 13.1. The van der Waals surface area contributed by atoms with Crippen molar-refractivity contribution < 1.29 is 13.2 Å². The molecule has 1 atom stereocenters. The molecule has 0 radical (unpaired) electrons. The van der Waals surface area contributed by atoms with Gasteiger partial charge < -0.3 is 9.72 Å². The SMILES string of the molecule is Cc1cccn2cc(-c3ccc(NC(=O)C4CCCN(S(=O)(=O)c5cccs5)C4)cc3)nc12. The van der Waals surface area contributed by atoms with Crippen molar-refractivity contribution in [3.05, 3.63) is 71.9 Å². The number of amides is 1. The summed E-state index contributed by atoms with van der Waals surface area (Å²) in [6, 6.07) is 14.9. The maximum absolute atomic E-state index is 12.9. The summed E-state index contributed by atoms with van der Waals surface area (Å²) in [5, 5.41) is 4.70. The number of aromatic nitrogens is 2. The summed E-state index contributed by atoms with van der Waals surface area (Å²) in [6.07, 6.45) is 5.29. The van der Waals surface area contributed by atoms with Gasteiger partial charge in [0.25, 0.3) is 10.0 Å². The molecular formula is C24H24N4O3S2. The topological polar surface area (TPSA) is 83.8 Å². The van der Waals surface area contributed by atoms with Gasteiger partial charge >= 0.3 is 0 Å². The van der Waals surface area contributed by atoms with Gasteiger partial charge in [-0.1, -0.05) is 24.3 Å². The molecule has 4 aromatic rings. The molecule has 0 bridgehead atoms. The summed E-state index contributed by atoms with van der Waals surface area (Å²) in [4.78, 5) is 17.6. The van der Waals surface area contributed by atoms with Crippen LogP contribution in [0.25, 0.3) is 16.9 Å². The number of anilines is 1. The number of rotatable bonds is 5. The molecule has 9 heteroatoms. The molecule has 1 aliphatic rings. The molecule has 5 rings (SSSR count). The standard InChI is InChI=1S/C24H24N4O3S2/c1-17-5-2-12-27-16-21(26-23(17)27)18-8-10-20(11-9-18)25-24(29)19-6-3-13-28(15-19)33(30,31)22-7-4-14-32-22/h2,4-5,7-12,14,16,19H,3,6,13,15H2,1H3,(H,25,29). The first-order chi connectivity index (χ1) is 15.9. The lowest BCUT2D eigenvalue weighted by molar-refractivity contribution is -0.120. The Balaban J connectivity index is 1.27. The van der Waals surface area contributed by atoms with Crippen molar-refractivity contribution in [1.82, 2.24) is 13.7 Å². The van der Waals surface area contributed by atoms with Crippen molar-refractivity contribution in [1.29, 1.82) is 0 Å². The molecule has 1 fully saturated rings. The van der Waals surface area contributed by atoms with Gasteiger partial charge in [-0.05, 0) is 55.0 Å². The van der Waals surface area contributed by atoms with Crippen LogP contribution in [-0.4, -0.2) is 41.1 Å². The van der Waals surface area contributed by atoms with Gasteiger partial charge in [0, 0.05) is 36.7 Å². The Bertz CT molecular complexity index is 1390. The number of sulfonamides is 1. The van der Waals surface area contributed by atoms with Crippen molar-refractivity contribution in [2.45, 2.75) is 24.0 Å². The number of nitrogens with one attached hydrogen (secondary N) is 1. The second kappa shape index (κ2) is 8.74. The number of carbonyl (C=O) groups excluding carboxylic acids is 1. The molecule has 1 unspecified atom stereocenters. The molecule has 1 N–H and O–H groups in total. The predicted molar refractivity (Wildman–Crippen MR) is 130 cm³/mol. The third-order valence-electron chi connectivity index (χ3n) is 5.97. The van der Waals surface area contributed by atoms with Crippen LogP contribution in [-0.2, 0) is 14.8 Å². The molecule has 1 aromatic carbocycles. The molecule has 0 spiro atoms. The fourth-order valence-electron chi connectivity index (χ4n) is 4.17. The normalized spacial score (nSPS) is 17.3. The fraction of sp³-hybridized carbons (Fsp3) is 0.250. The molecule has 0 saturated carbocycles. The maximum atomic E-state index is 12.9. The fourth-order valence-corrected chi connectivity index (χ4v) is 6.84. The molecular weight excluding hydrogens is 456 g/mol. The molecule has 1 amide bonds. The van der Waals surface area contributed by atoms with Crippen molar-refractivity contribution in [3.8, 4) is 11.3 Å². The first-order valence-electron chi connectivity index (χ1n) is 10.8. The minimum absolute atomic E-state index is 0.155. The quantitative estimate of drug-likeness (QED) is 0.459. The summed E-state index contributed by atoms with van der Waals surface area (Å²) in [7, 11) is -3.55. The number of aryl methyl sites for hydroxylation is 1. The summed E-state index contributed by atoms with van der Waals surface area (Å²) in [5.74, 6) is -0.535. The predicted octanol–water partition coefficient (Wildman–Crippen LogP) is 4.41. The lowest BCUT2D eigenvalue weighted by atomic mass is 9.98. The summed E-state index contributed by atoms with van der Waals surface area (Å²) < 4.78 is 29.4. The van der Waals surface area contributed by atoms with Gasteiger partial charge in [0.1, 0.15) is 9.86 Å². The average molecular weight is 481 g/mol. The van der Waals surface area contributed by atoms with Crippen molar-refractivity contribution in [3.63, 3.8) is 0 Å². The van der Waals surface area contributed by atoms with E-state index in [4.69, 9.17) is 4.98 Å². The molecule has 3 aromatic heterocycles. The summed E-state index contributed by atoms with van der Waals surface area (Å²) in [6.45, 7) is 2.67. The van der Waals surface area contributed by atoms with Crippen LogP contribution >= 0.6 is 11.3 Å². The Hall–Kier alpha value is -3.01. The number of imidazole rings is 1. The molecule has 1 aliphatic heterocycles. The van der Waals surface area contributed by atoms with E-state index >= 15 is 0 Å². The third kappa shape index (κ3) is 4.31. The highest BCUT2D eigenvalue weighted by atomic mass is 32.2. The van der Waals surface area contributed by atoms with Crippen molar-refractivity contribution in [2.75, 3.05) is 18.4 Å². The molecule has 4 heterocycles. The number of pyridine rings is 1. The zero-order valence-electron chi connectivity index (χ0n) is 18.1. The van der Waals surface area contributed by atoms with Gasteiger partial charge in [-0.2, -0.15) is 4.31 Å². The molecule has 170 valence electrons. The van der Waals surface area contributed by atoms with E-state index in [0.29, 0.717) is 29.3 Å². The third-order valence-corrected chi connectivity index (χ3v) is 9.21. The van der Waals surface area contributed by atoms with E-state index < -0.39 is 10.0 Å². The first kappa shape index (κ1) is 21.8. The highest BCUT2D eigenvalue weighted by Gasteiger charge is 2.33. The lowest BCUT2D eigenvalue weighted by Gasteiger charge is -2.30. The van der Waals surface area contributed by atoms with Gasteiger partial charge in [-0.15, -0.1) is 11.3 Å². The van der Waals surface area contributed by atoms with Gasteiger partial charge in [0.05, 0.1) is 11.6 Å². The second-order valence-electron chi connectivity index (χ2n) is 8.25. The van der Waals surface area contributed by atoms with E-state index in [0.717, 1.165) is 22.5 Å². The second-order valence-corrected chi connectivity index (χ2v) is 11.4. The Morgan fingerprint density at radius 1 is 1.15 bits per heavy atom. The van der Waals surface area contributed by atoms with Gasteiger partial charge in [-0.25, -0.2) is 13.4 Å². The van der Waals surface area contributed by atoms with Crippen LogP contribution in [0, 0.1) is 12.8 Å². The van der Waals surface area contributed by atoms with E-state index in [1.165, 1.54) is 15.6 Å². The van der Waals surface area contributed by atoms with Gasteiger partial charge in [0.15, 0.2) is 0 Å². The number of hydrogen-bond acceptors (Lipinski definition) is 5. The van der Waals surface area contributed by atoms with E-state index in [2.05, 4.69) is 5.32 Å². The van der Waals surface area contributed by atoms with Crippen LogP contribution in [0.2, 0.25) is 0 Å². The molecule has 7 nitrogen and oxygen atoms in total. The Kier molecular flexibility index (Phi) is 5.77. The monoisotopic (exact) mass is 480 g/mol. The minimum atomic E-state index is -3.55. The minimum Gasteiger partial charge on any atom is -0.326 e. The van der Waals surface area contributed by atoms with Crippen LogP contribution in [0.4, 0.5) is 5.69 Å². The number of piperidine rings is 1. The maximum Gasteiger partial charge on any atom is 0.252 e. The van der Waals surface area contributed by atoms with Crippen LogP contribution in [0.3, 0.4) is 0 Å². The smallest absolute Gasteiger partial charge is 0.252 e. The van der Waals surface area contributed by atoms with Crippen molar-refractivity contribution >= 4 is 38.6 Å². The van der Waals surface area contributed by atoms with E-state index in [-0.39, 0.29) is 18.4 Å². The number of hydrogen-bond donors (Lipinski definition) is 1. The number of nitrogens with zero attached hydrogens (tertiary/aromatic N) is 3. The van der Waals surface area contributed by atoms with E-state index in [1.54, 1.807) is 17.5 Å². The highest BCUT2D eigenvalue weighted by Crippen LogP contribution is 2.28. The zero-order chi connectivity index (χ0) is 23.0. The van der Waals surface area contributed by atoms with Crippen molar-refractivity contribution in [2.24, 2.45) is 5.92 Å². The van der Waals surface area contributed by atoms with E-state index in [1.807, 2.05) is 60.1 Å². The number of benzene rings is 1. The van der Waals surface area contributed by atoms with Crippen LogP contribution in [0.5, 0.6) is 0 Å². The van der Waals surface area contributed by atoms with Gasteiger partial charge in [-0.3, -0.25) is 4.79 Å². The number of thiophene rings is 1. The summed E-state index contributed by atoms with van der Waals surface area (Å²) in [5.41, 5.74) is 4.53. The number of fused-ring (bicyclic) bond motifs is 1. The zero-order valence-corrected chi connectivity index (χ0v) is 19.8. The van der Waals surface area contributed by atoms with Crippen LogP contribution in [0.1, 0.15) is 18.4 Å². The van der Waals surface area contributed by atoms with Gasteiger partial charge in [0.2, 0.25) is 5.91 Å². The summed E-state index contributed by atoms with van der Waals surface area (Å²) >= 11 is 1.20. The highest BCUT2D eigenvalue weighted by molar-refractivity contribution is 7.91. The number of carbonyl (C=O) groups is 1. The Morgan fingerprint density at radius 3 is 2.70 bits per heavy atom. The average Bonchev–Trinajstić information content (AvgIpc) is 3.51. The molecule has 33 heavy (non-hydrogen) atoms. The Labute approximate surface area is 196 Å². The van der Waals surface area contributed by atoms with E-state index in [9.17, 15) is 13.2 Å². The molecule has 0 aliphatic carbocycles.